The average Bonchev–Trinajstić information content (AvgIpc) is 2.17. The highest BCUT2D eigenvalue weighted by atomic mass is 16.5. The van der Waals surface area contributed by atoms with Crippen LogP contribution in [0.3, 0.4) is 0 Å². The van der Waals surface area contributed by atoms with Gasteiger partial charge in [-0.05, 0) is 18.8 Å². The Hall–Kier alpha value is -0.810. The molecule has 0 bridgehead atoms. The van der Waals surface area contributed by atoms with Gasteiger partial charge in [0.15, 0.2) is 0 Å². The molecule has 2 N–H and O–H groups in total. The van der Waals surface area contributed by atoms with Crippen LogP contribution in [-0.2, 0) is 4.74 Å². The van der Waals surface area contributed by atoms with Crippen LogP contribution in [0.2, 0.25) is 0 Å². The zero-order valence-corrected chi connectivity index (χ0v) is 9.40. The summed E-state index contributed by atoms with van der Waals surface area (Å²) >= 11 is 0. The van der Waals surface area contributed by atoms with Crippen molar-refractivity contribution < 1.29 is 14.6 Å². The van der Waals surface area contributed by atoms with Crippen molar-refractivity contribution in [1.29, 1.82) is 0 Å². The molecular weight excluding hydrogens is 196 g/mol. The van der Waals surface area contributed by atoms with Crippen LogP contribution < -0.4 is 5.43 Å². The van der Waals surface area contributed by atoms with Crippen LogP contribution in [0.4, 0.5) is 4.79 Å². The number of hydrogen-bond donors (Lipinski definition) is 2. The molecule has 1 fully saturated rings. The van der Waals surface area contributed by atoms with Crippen molar-refractivity contribution in [3.63, 3.8) is 0 Å². The highest BCUT2D eigenvalue weighted by molar-refractivity contribution is 5.64. The number of carbonyl (C=O) groups is 1. The Kier molecular flexibility index (Phi) is 4.84. The first-order chi connectivity index (χ1) is 7.09. The minimum absolute atomic E-state index is 0.230. The minimum Gasteiger partial charge on any atom is -0.464 e. The summed E-state index contributed by atoms with van der Waals surface area (Å²) in [7, 11) is 0. The fraction of sp³-hybridized carbons (Fsp3) is 0.900. The molecule has 0 radical (unpaired) electrons. The molecule has 1 rings (SSSR count). The topological polar surface area (TPSA) is 61.8 Å². The first-order valence-electron chi connectivity index (χ1n) is 5.44. The van der Waals surface area contributed by atoms with E-state index in [9.17, 15) is 4.79 Å². The lowest BCUT2D eigenvalue weighted by Crippen LogP contribution is -2.50. The molecule has 0 unspecified atom stereocenters. The van der Waals surface area contributed by atoms with E-state index in [0.29, 0.717) is 25.7 Å². The molecule has 0 saturated carbocycles. The summed E-state index contributed by atoms with van der Waals surface area (Å²) < 4.78 is 5.22. The SMILES string of the molecule is CC(C)CN(NC1CCOCC1)C(=O)O. The summed E-state index contributed by atoms with van der Waals surface area (Å²) in [6.45, 7) is 5.95. The predicted octanol–water partition coefficient (Wildman–Crippen LogP) is 1.31. The molecule has 0 aromatic carbocycles. The molecule has 1 aliphatic heterocycles. The summed E-state index contributed by atoms with van der Waals surface area (Å²) in [5, 5.41) is 10.3. The fourth-order valence-electron chi connectivity index (χ4n) is 1.60. The summed E-state index contributed by atoms with van der Waals surface area (Å²) in [5.41, 5.74) is 3.04. The van der Waals surface area contributed by atoms with Crippen LogP contribution in [0, 0.1) is 5.92 Å². The van der Waals surface area contributed by atoms with Gasteiger partial charge in [-0.3, -0.25) is 0 Å². The van der Waals surface area contributed by atoms with Gasteiger partial charge in [0.05, 0.1) is 0 Å². The van der Waals surface area contributed by atoms with Crippen molar-refractivity contribution in [2.75, 3.05) is 19.8 Å². The third-order valence-electron chi connectivity index (χ3n) is 2.34. The average molecular weight is 216 g/mol. The second kappa shape index (κ2) is 5.92. The number of nitrogens with zero attached hydrogens (tertiary/aromatic N) is 1. The normalized spacial score (nSPS) is 18.1. The maximum atomic E-state index is 10.9. The van der Waals surface area contributed by atoms with E-state index in [0.717, 1.165) is 12.8 Å². The molecule has 5 nitrogen and oxygen atoms in total. The van der Waals surface area contributed by atoms with E-state index in [1.165, 1.54) is 5.01 Å². The fourth-order valence-corrected chi connectivity index (χ4v) is 1.60. The Morgan fingerprint density at radius 2 is 2.13 bits per heavy atom. The number of ether oxygens (including phenoxy) is 1. The van der Waals surface area contributed by atoms with Gasteiger partial charge in [-0.2, -0.15) is 0 Å². The second-order valence-corrected chi connectivity index (χ2v) is 4.30. The second-order valence-electron chi connectivity index (χ2n) is 4.30. The smallest absolute Gasteiger partial charge is 0.421 e. The van der Waals surface area contributed by atoms with Gasteiger partial charge in [-0.1, -0.05) is 13.8 Å². The third-order valence-corrected chi connectivity index (χ3v) is 2.34. The lowest BCUT2D eigenvalue weighted by atomic mass is 10.1. The van der Waals surface area contributed by atoms with E-state index in [4.69, 9.17) is 9.84 Å². The van der Waals surface area contributed by atoms with E-state index >= 15 is 0 Å². The molecule has 1 heterocycles. The van der Waals surface area contributed by atoms with E-state index in [2.05, 4.69) is 5.43 Å². The molecule has 0 aliphatic carbocycles. The van der Waals surface area contributed by atoms with E-state index < -0.39 is 6.09 Å². The summed E-state index contributed by atoms with van der Waals surface area (Å²) in [6, 6.07) is 0.230. The standard InChI is InChI=1S/C10H20N2O3/c1-8(2)7-12(10(13)14)11-9-3-5-15-6-4-9/h8-9,11H,3-7H2,1-2H3,(H,13,14). The van der Waals surface area contributed by atoms with Crippen LogP contribution in [0.25, 0.3) is 0 Å². The number of nitrogens with one attached hydrogen (secondary N) is 1. The quantitative estimate of drug-likeness (QED) is 0.695. The first-order valence-corrected chi connectivity index (χ1v) is 5.44. The lowest BCUT2D eigenvalue weighted by Gasteiger charge is -2.30. The minimum atomic E-state index is -0.907. The third kappa shape index (κ3) is 4.48. The van der Waals surface area contributed by atoms with Gasteiger partial charge in [0.1, 0.15) is 0 Å². The Morgan fingerprint density at radius 1 is 1.53 bits per heavy atom. The van der Waals surface area contributed by atoms with Gasteiger partial charge >= 0.3 is 6.09 Å². The monoisotopic (exact) mass is 216 g/mol. The summed E-state index contributed by atoms with van der Waals surface area (Å²) in [6.07, 6.45) is 0.846. The zero-order chi connectivity index (χ0) is 11.3. The van der Waals surface area contributed by atoms with E-state index in [1.807, 2.05) is 13.8 Å². The predicted molar refractivity (Wildman–Crippen MR) is 56.5 cm³/mol. The Morgan fingerprint density at radius 3 is 2.60 bits per heavy atom. The number of hydrazine groups is 1. The van der Waals surface area contributed by atoms with Gasteiger partial charge in [-0.25, -0.2) is 15.2 Å². The lowest BCUT2D eigenvalue weighted by molar-refractivity contribution is 0.0432. The number of hydrogen-bond acceptors (Lipinski definition) is 3. The number of amides is 1. The van der Waals surface area contributed by atoms with Gasteiger partial charge in [0, 0.05) is 25.8 Å². The van der Waals surface area contributed by atoms with Crippen LogP contribution in [-0.4, -0.2) is 42.0 Å². The van der Waals surface area contributed by atoms with E-state index in [1.54, 1.807) is 0 Å². The largest absolute Gasteiger partial charge is 0.464 e. The highest BCUT2D eigenvalue weighted by Crippen LogP contribution is 2.08. The van der Waals surface area contributed by atoms with Gasteiger partial charge in [0.2, 0.25) is 0 Å². The van der Waals surface area contributed by atoms with Crippen molar-refractivity contribution in [2.24, 2.45) is 5.92 Å². The molecule has 0 spiro atoms. The molecular formula is C10H20N2O3. The zero-order valence-electron chi connectivity index (χ0n) is 9.40. The molecule has 1 saturated heterocycles. The Balaban J connectivity index is 2.38. The summed E-state index contributed by atoms with van der Waals surface area (Å²) in [5.74, 6) is 0.327. The van der Waals surface area contributed by atoms with Crippen molar-refractivity contribution in [2.45, 2.75) is 32.7 Å². The van der Waals surface area contributed by atoms with Gasteiger partial charge < -0.3 is 9.84 Å². The molecule has 0 aromatic rings. The van der Waals surface area contributed by atoms with E-state index in [-0.39, 0.29) is 6.04 Å². The molecule has 0 atom stereocenters. The van der Waals surface area contributed by atoms with Gasteiger partial charge in [0.25, 0.3) is 0 Å². The molecule has 1 aliphatic rings. The van der Waals surface area contributed by atoms with Crippen LogP contribution >= 0.6 is 0 Å². The Bertz CT molecular complexity index is 203. The van der Waals surface area contributed by atoms with Crippen molar-refractivity contribution in [1.82, 2.24) is 10.4 Å². The van der Waals surface area contributed by atoms with Crippen molar-refractivity contribution in [3.8, 4) is 0 Å². The highest BCUT2D eigenvalue weighted by Gasteiger charge is 2.20. The van der Waals surface area contributed by atoms with Gasteiger partial charge in [-0.15, -0.1) is 0 Å². The van der Waals surface area contributed by atoms with Crippen LogP contribution in [0.15, 0.2) is 0 Å². The summed E-state index contributed by atoms with van der Waals surface area (Å²) in [4.78, 5) is 10.9. The van der Waals surface area contributed by atoms with Crippen molar-refractivity contribution in [3.05, 3.63) is 0 Å². The molecule has 5 heteroatoms. The molecule has 15 heavy (non-hydrogen) atoms. The van der Waals surface area contributed by atoms with Crippen LogP contribution in [0.1, 0.15) is 26.7 Å². The molecule has 88 valence electrons. The van der Waals surface area contributed by atoms with Crippen molar-refractivity contribution >= 4 is 6.09 Å². The maximum Gasteiger partial charge on any atom is 0.421 e. The Labute approximate surface area is 90.4 Å². The molecule has 0 aromatic heterocycles. The van der Waals surface area contributed by atoms with Crippen LogP contribution in [0.5, 0.6) is 0 Å². The number of rotatable bonds is 4. The number of carboxylic acid groups (broad SMARTS) is 1. The maximum absolute atomic E-state index is 10.9. The molecule has 1 amide bonds. The first kappa shape index (κ1) is 12.3.